The zero-order valence-corrected chi connectivity index (χ0v) is 13.7. The van der Waals surface area contributed by atoms with E-state index in [0.717, 1.165) is 16.2 Å². The van der Waals surface area contributed by atoms with Crippen molar-refractivity contribution >= 4 is 34.5 Å². The quantitative estimate of drug-likeness (QED) is 0.516. The first-order valence-electron chi connectivity index (χ1n) is 7.48. The second-order valence-electron chi connectivity index (χ2n) is 5.25. The highest BCUT2D eigenvalue weighted by atomic mass is 32.1. The van der Waals surface area contributed by atoms with E-state index in [1.54, 1.807) is 23.5 Å². The average molecular weight is 348 g/mol. The summed E-state index contributed by atoms with van der Waals surface area (Å²) in [5.74, 6) is -0.384. The first-order valence-corrected chi connectivity index (χ1v) is 8.36. The van der Waals surface area contributed by atoms with Gasteiger partial charge in [0.15, 0.2) is 5.82 Å². The Bertz CT molecular complexity index is 1080. The number of aromatic carboxylic acids is 1. The maximum absolute atomic E-state index is 11.1. The van der Waals surface area contributed by atoms with E-state index >= 15 is 0 Å². The molecule has 0 spiro atoms. The third-order valence-corrected chi connectivity index (χ3v) is 4.49. The number of carboxylic acid groups (broad SMARTS) is 1. The molecular formula is C18H12N4O2S. The van der Waals surface area contributed by atoms with E-state index < -0.39 is 5.97 Å². The Morgan fingerprint density at radius 2 is 2.00 bits per heavy atom. The van der Waals surface area contributed by atoms with Crippen molar-refractivity contribution in [1.29, 1.82) is 0 Å². The third-order valence-electron chi connectivity index (χ3n) is 3.61. The molecule has 3 aromatic heterocycles. The summed E-state index contributed by atoms with van der Waals surface area (Å²) >= 11 is 1.58. The molecule has 3 heterocycles. The Hall–Kier alpha value is -3.32. The van der Waals surface area contributed by atoms with Crippen LogP contribution in [0.1, 0.15) is 10.4 Å². The minimum atomic E-state index is -0.994. The lowest BCUT2D eigenvalue weighted by Gasteiger charge is -1.98. The molecule has 0 radical (unpaired) electrons. The monoisotopic (exact) mass is 348 g/mol. The number of imidazole rings is 1. The number of benzene rings is 1. The van der Waals surface area contributed by atoms with Crippen LogP contribution >= 0.6 is 11.3 Å². The second kappa shape index (κ2) is 6.29. The SMILES string of the molecule is O=C(O)c1cccc(N=Nc2c(-c3cccs3)nc3ccccn23)c1. The van der Waals surface area contributed by atoms with Crippen molar-refractivity contribution in [2.24, 2.45) is 10.2 Å². The first-order chi connectivity index (χ1) is 12.2. The predicted octanol–water partition coefficient (Wildman–Crippen LogP) is 5.18. The van der Waals surface area contributed by atoms with E-state index in [1.807, 2.05) is 46.3 Å². The van der Waals surface area contributed by atoms with Crippen LogP contribution in [0.3, 0.4) is 0 Å². The lowest BCUT2D eigenvalue weighted by molar-refractivity contribution is 0.0697. The van der Waals surface area contributed by atoms with Crippen molar-refractivity contribution in [3.63, 3.8) is 0 Å². The van der Waals surface area contributed by atoms with Crippen LogP contribution in [0.25, 0.3) is 16.2 Å². The predicted molar refractivity (Wildman–Crippen MR) is 96.1 cm³/mol. The largest absolute Gasteiger partial charge is 0.478 e. The molecule has 0 aliphatic rings. The Morgan fingerprint density at radius 3 is 2.80 bits per heavy atom. The molecule has 0 saturated heterocycles. The number of aromatic nitrogens is 2. The van der Waals surface area contributed by atoms with Gasteiger partial charge in [-0.15, -0.1) is 21.6 Å². The Labute approximate surface area is 146 Å². The number of fused-ring (bicyclic) bond motifs is 1. The molecule has 122 valence electrons. The summed E-state index contributed by atoms with van der Waals surface area (Å²) in [6.07, 6.45) is 1.88. The zero-order valence-electron chi connectivity index (χ0n) is 12.9. The topological polar surface area (TPSA) is 79.3 Å². The number of rotatable bonds is 4. The summed E-state index contributed by atoms with van der Waals surface area (Å²) in [6.45, 7) is 0. The van der Waals surface area contributed by atoms with Gasteiger partial charge in [-0.2, -0.15) is 0 Å². The molecule has 0 saturated carbocycles. The van der Waals surface area contributed by atoms with Gasteiger partial charge in [-0.3, -0.25) is 4.40 Å². The van der Waals surface area contributed by atoms with E-state index in [4.69, 9.17) is 5.11 Å². The number of thiophene rings is 1. The number of hydrogen-bond acceptors (Lipinski definition) is 5. The van der Waals surface area contributed by atoms with Crippen molar-refractivity contribution in [3.8, 4) is 10.6 Å². The molecule has 6 nitrogen and oxygen atoms in total. The van der Waals surface area contributed by atoms with Crippen molar-refractivity contribution in [2.45, 2.75) is 0 Å². The van der Waals surface area contributed by atoms with E-state index in [0.29, 0.717) is 11.5 Å². The summed E-state index contributed by atoms with van der Waals surface area (Å²) in [4.78, 5) is 16.7. The molecule has 25 heavy (non-hydrogen) atoms. The Kier molecular flexibility index (Phi) is 3.83. The maximum atomic E-state index is 11.1. The molecule has 0 fully saturated rings. The standard InChI is InChI=1S/C18H12N4O2S/c23-18(24)12-5-3-6-13(11-12)20-21-17-16(14-7-4-10-25-14)19-15-8-1-2-9-22(15)17/h1-11H,(H,23,24). The number of azo groups is 1. The summed E-state index contributed by atoms with van der Waals surface area (Å²) in [7, 11) is 0. The summed E-state index contributed by atoms with van der Waals surface area (Å²) in [6, 6.07) is 16.0. The Balaban J connectivity index is 1.82. The number of nitrogens with zero attached hydrogens (tertiary/aromatic N) is 4. The van der Waals surface area contributed by atoms with Crippen LogP contribution in [0, 0.1) is 0 Å². The van der Waals surface area contributed by atoms with Crippen LogP contribution in [0.5, 0.6) is 0 Å². The van der Waals surface area contributed by atoms with Crippen LogP contribution in [0.2, 0.25) is 0 Å². The Morgan fingerprint density at radius 1 is 1.08 bits per heavy atom. The van der Waals surface area contributed by atoms with Crippen LogP contribution in [0.4, 0.5) is 11.5 Å². The van der Waals surface area contributed by atoms with Gasteiger partial charge in [-0.05, 0) is 41.8 Å². The van der Waals surface area contributed by atoms with Crippen LogP contribution in [0.15, 0.2) is 76.4 Å². The highest BCUT2D eigenvalue weighted by molar-refractivity contribution is 7.13. The third kappa shape index (κ3) is 2.92. The fourth-order valence-corrected chi connectivity index (χ4v) is 3.17. The highest BCUT2D eigenvalue weighted by Crippen LogP contribution is 2.34. The van der Waals surface area contributed by atoms with Gasteiger partial charge in [0.05, 0.1) is 16.1 Å². The minimum absolute atomic E-state index is 0.174. The molecule has 0 bridgehead atoms. The van der Waals surface area contributed by atoms with E-state index in [9.17, 15) is 4.79 Å². The van der Waals surface area contributed by atoms with Gasteiger partial charge in [0.2, 0.25) is 0 Å². The van der Waals surface area contributed by atoms with Crippen LogP contribution in [-0.4, -0.2) is 20.5 Å². The van der Waals surface area contributed by atoms with E-state index in [-0.39, 0.29) is 5.56 Å². The van der Waals surface area contributed by atoms with Crippen molar-refractivity contribution < 1.29 is 9.90 Å². The molecule has 0 unspecified atom stereocenters. The molecule has 1 N–H and O–H groups in total. The molecule has 7 heteroatoms. The smallest absolute Gasteiger partial charge is 0.335 e. The van der Waals surface area contributed by atoms with Crippen molar-refractivity contribution in [2.75, 3.05) is 0 Å². The van der Waals surface area contributed by atoms with Gasteiger partial charge in [-0.1, -0.05) is 18.2 Å². The molecule has 0 aliphatic carbocycles. The summed E-state index contributed by atoms with van der Waals surface area (Å²) in [5.41, 5.74) is 2.18. The highest BCUT2D eigenvalue weighted by Gasteiger charge is 2.14. The molecule has 0 atom stereocenters. The van der Waals surface area contributed by atoms with Gasteiger partial charge >= 0.3 is 5.97 Å². The lowest BCUT2D eigenvalue weighted by atomic mass is 10.2. The van der Waals surface area contributed by atoms with E-state index in [1.165, 1.54) is 12.1 Å². The molecule has 4 rings (SSSR count). The number of pyridine rings is 1. The van der Waals surface area contributed by atoms with E-state index in [2.05, 4.69) is 15.2 Å². The van der Waals surface area contributed by atoms with Gasteiger partial charge in [-0.25, -0.2) is 9.78 Å². The number of carboxylic acids is 1. The normalized spacial score (nSPS) is 11.4. The van der Waals surface area contributed by atoms with Crippen LogP contribution < -0.4 is 0 Å². The van der Waals surface area contributed by atoms with Gasteiger partial charge in [0.1, 0.15) is 11.3 Å². The molecule has 4 aromatic rings. The van der Waals surface area contributed by atoms with Crippen molar-refractivity contribution in [1.82, 2.24) is 9.38 Å². The maximum Gasteiger partial charge on any atom is 0.335 e. The van der Waals surface area contributed by atoms with Crippen molar-refractivity contribution in [3.05, 3.63) is 71.7 Å². The second-order valence-corrected chi connectivity index (χ2v) is 6.19. The molecule has 0 aliphatic heterocycles. The summed E-state index contributed by atoms with van der Waals surface area (Å²) < 4.78 is 1.86. The van der Waals surface area contributed by atoms with Crippen LogP contribution in [-0.2, 0) is 0 Å². The fraction of sp³-hybridized carbons (Fsp3) is 0. The minimum Gasteiger partial charge on any atom is -0.478 e. The lowest BCUT2D eigenvalue weighted by Crippen LogP contribution is -1.94. The number of carbonyl (C=O) groups is 1. The zero-order chi connectivity index (χ0) is 17.2. The van der Waals surface area contributed by atoms with Gasteiger partial charge in [0.25, 0.3) is 0 Å². The van der Waals surface area contributed by atoms with Gasteiger partial charge < -0.3 is 5.11 Å². The average Bonchev–Trinajstić information content (AvgIpc) is 3.27. The molecule has 0 amide bonds. The van der Waals surface area contributed by atoms with Gasteiger partial charge in [0, 0.05) is 6.20 Å². The molecular weight excluding hydrogens is 336 g/mol. The number of hydrogen-bond donors (Lipinski definition) is 1. The molecule has 1 aromatic carbocycles. The first kappa shape index (κ1) is 15.2. The fourth-order valence-electron chi connectivity index (χ4n) is 2.46. The summed E-state index contributed by atoms with van der Waals surface area (Å²) in [5, 5.41) is 19.6.